The number of amides is 1. The lowest BCUT2D eigenvalue weighted by molar-refractivity contribution is 0.0924. The van der Waals surface area contributed by atoms with Crippen molar-refractivity contribution in [1.82, 2.24) is 15.3 Å². The summed E-state index contributed by atoms with van der Waals surface area (Å²) in [5, 5.41) is 2.59. The van der Waals surface area contributed by atoms with Crippen LogP contribution in [0.25, 0.3) is 0 Å². The molecule has 4 nitrogen and oxygen atoms in total. The number of rotatable bonds is 5. The number of halogens is 3. The van der Waals surface area contributed by atoms with Crippen LogP contribution in [-0.2, 0) is 6.42 Å². The van der Waals surface area contributed by atoms with Gasteiger partial charge in [0, 0.05) is 6.42 Å². The van der Waals surface area contributed by atoms with E-state index < -0.39 is 24.4 Å². The number of carbonyl (C=O) groups is 1. The molecule has 0 radical (unpaired) electrons. The Morgan fingerprint density at radius 1 is 1.36 bits per heavy atom. The Morgan fingerprint density at radius 2 is 2.05 bits per heavy atom. The summed E-state index contributed by atoms with van der Waals surface area (Å²) in [6.45, 7) is 1.01. The molecule has 1 atom stereocenters. The van der Waals surface area contributed by atoms with Gasteiger partial charge in [0.1, 0.15) is 24.0 Å². The maximum absolute atomic E-state index is 13.2. The van der Waals surface area contributed by atoms with Crippen molar-refractivity contribution in [3.8, 4) is 0 Å². The Kier molecular flexibility index (Phi) is 5.38. The van der Waals surface area contributed by atoms with Crippen LogP contribution in [-0.4, -0.2) is 22.5 Å². The summed E-state index contributed by atoms with van der Waals surface area (Å²) in [6, 6.07) is 4.34. The molecule has 7 heteroatoms. The van der Waals surface area contributed by atoms with Crippen LogP contribution in [0.15, 0.2) is 30.5 Å². The number of nitrogens with zero attached hydrogens (tertiary/aromatic N) is 2. The molecular formula is C15H14ClF2N3O. The molecule has 22 heavy (non-hydrogen) atoms. The number of alkyl halides is 1. The fraction of sp³-hybridized carbons (Fsp3) is 0.267. The number of hydrogen-bond acceptors (Lipinski definition) is 3. The Hall–Kier alpha value is -2.08. The van der Waals surface area contributed by atoms with Crippen molar-refractivity contribution in [1.29, 1.82) is 0 Å². The van der Waals surface area contributed by atoms with Crippen molar-refractivity contribution in [3.05, 3.63) is 58.4 Å². The van der Waals surface area contributed by atoms with Gasteiger partial charge in [-0.15, -0.1) is 0 Å². The molecule has 1 unspecified atom stereocenters. The van der Waals surface area contributed by atoms with E-state index in [2.05, 4.69) is 15.3 Å². The zero-order valence-corrected chi connectivity index (χ0v) is 12.6. The lowest BCUT2D eigenvalue weighted by Gasteiger charge is -2.16. The third kappa shape index (κ3) is 3.76. The van der Waals surface area contributed by atoms with Crippen LogP contribution in [0.3, 0.4) is 0 Å². The van der Waals surface area contributed by atoms with Gasteiger partial charge in [-0.25, -0.2) is 18.7 Å². The molecule has 1 aromatic carbocycles. The average Bonchev–Trinajstić information content (AvgIpc) is 2.53. The molecule has 0 saturated carbocycles. The van der Waals surface area contributed by atoms with Gasteiger partial charge < -0.3 is 5.32 Å². The topological polar surface area (TPSA) is 54.9 Å². The average molecular weight is 326 g/mol. The van der Waals surface area contributed by atoms with Crippen LogP contribution < -0.4 is 5.32 Å². The van der Waals surface area contributed by atoms with Crippen LogP contribution in [0.4, 0.5) is 8.78 Å². The van der Waals surface area contributed by atoms with Crippen LogP contribution >= 0.6 is 11.6 Å². The molecular weight excluding hydrogens is 312 g/mol. The maximum Gasteiger partial charge on any atom is 0.272 e. The van der Waals surface area contributed by atoms with Crippen molar-refractivity contribution < 1.29 is 13.6 Å². The van der Waals surface area contributed by atoms with Crippen molar-refractivity contribution in [3.63, 3.8) is 0 Å². The summed E-state index contributed by atoms with van der Waals surface area (Å²) in [6.07, 6.45) is 1.88. The molecule has 1 amide bonds. The second-order valence-corrected chi connectivity index (χ2v) is 4.98. The first-order valence-electron chi connectivity index (χ1n) is 6.68. The van der Waals surface area contributed by atoms with Crippen LogP contribution in [0.1, 0.15) is 34.8 Å². The minimum atomic E-state index is -0.899. The number of aromatic nitrogens is 2. The number of hydrogen-bond donors (Lipinski definition) is 1. The van der Waals surface area contributed by atoms with Gasteiger partial charge in [0.2, 0.25) is 0 Å². The molecule has 0 fully saturated rings. The minimum Gasteiger partial charge on any atom is -0.341 e. The number of nitrogens with one attached hydrogen (secondary N) is 1. The van der Waals surface area contributed by atoms with Gasteiger partial charge in [0.15, 0.2) is 0 Å². The first-order valence-corrected chi connectivity index (χ1v) is 7.06. The van der Waals surface area contributed by atoms with E-state index >= 15 is 0 Å². The highest BCUT2D eigenvalue weighted by atomic mass is 35.5. The van der Waals surface area contributed by atoms with Gasteiger partial charge in [-0.3, -0.25) is 4.79 Å². The van der Waals surface area contributed by atoms with E-state index in [1.165, 1.54) is 30.5 Å². The molecule has 0 aliphatic rings. The van der Waals surface area contributed by atoms with Gasteiger partial charge in [0.05, 0.1) is 17.3 Å². The highest BCUT2D eigenvalue weighted by molar-refractivity contribution is 6.33. The standard InChI is InChI=1S/C15H14ClF2N3O/c1-2-13-19-8-11(16)14(21-13)15(22)20-12(7-17)9-3-5-10(18)6-4-9/h3-6,8,12H,2,7H2,1H3,(H,20,22). The van der Waals surface area contributed by atoms with Crippen molar-refractivity contribution in [2.24, 2.45) is 0 Å². The number of carbonyl (C=O) groups excluding carboxylic acids is 1. The molecule has 2 rings (SSSR count). The molecule has 1 heterocycles. The second-order valence-electron chi connectivity index (χ2n) is 4.57. The summed E-state index contributed by atoms with van der Waals surface area (Å²) in [5.41, 5.74) is 0.451. The predicted molar refractivity (Wildman–Crippen MR) is 79.0 cm³/mol. The fourth-order valence-electron chi connectivity index (χ4n) is 1.87. The highest BCUT2D eigenvalue weighted by Crippen LogP contribution is 2.17. The number of aryl methyl sites for hydroxylation is 1. The smallest absolute Gasteiger partial charge is 0.272 e. The quantitative estimate of drug-likeness (QED) is 0.918. The summed E-state index contributed by atoms with van der Waals surface area (Å²) < 4.78 is 26.1. The summed E-state index contributed by atoms with van der Waals surface area (Å²) in [4.78, 5) is 20.2. The molecule has 0 aliphatic carbocycles. The molecule has 0 saturated heterocycles. The van der Waals surface area contributed by atoms with Gasteiger partial charge >= 0.3 is 0 Å². The minimum absolute atomic E-state index is 0.00548. The Bertz CT molecular complexity index is 664. The van der Waals surface area contributed by atoms with E-state index in [1.54, 1.807) is 0 Å². The van der Waals surface area contributed by atoms with Gasteiger partial charge in [-0.2, -0.15) is 0 Å². The van der Waals surface area contributed by atoms with E-state index in [-0.39, 0.29) is 10.7 Å². The molecule has 1 N–H and O–H groups in total. The third-order valence-electron chi connectivity index (χ3n) is 3.06. The molecule has 0 aliphatic heterocycles. The lowest BCUT2D eigenvalue weighted by atomic mass is 10.1. The largest absolute Gasteiger partial charge is 0.341 e. The predicted octanol–water partition coefficient (Wildman–Crippen LogP) is 3.27. The normalized spacial score (nSPS) is 12.0. The van der Waals surface area contributed by atoms with E-state index in [0.717, 1.165) is 0 Å². The van der Waals surface area contributed by atoms with Crippen LogP contribution in [0, 0.1) is 5.82 Å². The molecule has 116 valence electrons. The van der Waals surface area contributed by atoms with Gasteiger partial charge in [0.25, 0.3) is 5.91 Å². The molecule has 0 bridgehead atoms. The SMILES string of the molecule is CCc1ncc(Cl)c(C(=O)NC(CF)c2ccc(F)cc2)n1. The van der Waals surface area contributed by atoms with Gasteiger partial charge in [-0.05, 0) is 17.7 Å². The Balaban J connectivity index is 2.20. The van der Waals surface area contributed by atoms with Crippen molar-refractivity contribution >= 4 is 17.5 Å². The summed E-state index contributed by atoms with van der Waals surface area (Å²) in [7, 11) is 0. The highest BCUT2D eigenvalue weighted by Gasteiger charge is 2.19. The van der Waals surface area contributed by atoms with Gasteiger partial charge in [-0.1, -0.05) is 30.7 Å². The zero-order chi connectivity index (χ0) is 16.1. The molecule has 1 aromatic heterocycles. The Morgan fingerprint density at radius 3 is 2.64 bits per heavy atom. The number of benzene rings is 1. The molecule has 2 aromatic rings. The zero-order valence-electron chi connectivity index (χ0n) is 11.8. The Labute approximate surface area is 131 Å². The summed E-state index contributed by atoms with van der Waals surface area (Å²) in [5.74, 6) is -0.568. The van der Waals surface area contributed by atoms with E-state index in [1.807, 2.05) is 6.92 Å². The monoisotopic (exact) mass is 325 g/mol. The van der Waals surface area contributed by atoms with E-state index in [0.29, 0.717) is 17.8 Å². The van der Waals surface area contributed by atoms with Crippen LogP contribution in [0.5, 0.6) is 0 Å². The third-order valence-corrected chi connectivity index (χ3v) is 3.33. The molecule has 0 spiro atoms. The first kappa shape index (κ1) is 16.3. The van der Waals surface area contributed by atoms with E-state index in [4.69, 9.17) is 11.6 Å². The van der Waals surface area contributed by atoms with Crippen molar-refractivity contribution in [2.45, 2.75) is 19.4 Å². The van der Waals surface area contributed by atoms with Crippen LogP contribution in [0.2, 0.25) is 5.02 Å². The first-order chi connectivity index (χ1) is 10.5. The van der Waals surface area contributed by atoms with Crippen molar-refractivity contribution in [2.75, 3.05) is 6.67 Å². The fourth-order valence-corrected chi connectivity index (χ4v) is 2.04. The second kappa shape index (κ2) is 7.26. The summed E-state index contributed by atoms with van der Waals surface area (Å²) >= 11 is 5.91. The maximum atomic E-state index is 13.2. The lowest BCUT2D eigenvalue weighted by Crippen LogP contribution is -2.31. The van der Waals surface area contributed by atoms with E-state index in [9.17, 15) is 13.6 Å².